The molecule has 9 nitrogen and oxygen atoms in total. The zero-order valence-electron chi connectivity index (χ0n) is 15.4. The number of hydrazine groups is 2. The van der Waals surface area contributed by atoms with Crippen molar-refractivity contribution in [3.63, 3.8) is 0 Å². The second-order valence-corrected chi connectivity index (χ2v) is 6.66. The van der Waals surface area contributed by atoms with Crippen molar-refractivity contribution in [2.24, 2.45) is 0 Å². The molecule has 29 heavy (non-hydrogen) atoms. The number of hydrogen-bond donors (Lipinski definition) is 4. The van der Waals surface area contributed by atoms with Gasteiger partial charge in [-0.05, 0) is 24.3 Å². The molecule has 3 aromatic rings. The molecule has 0 aliphatic carbocycles. The molecule has 1 aromatic heterocycles. The maximum absolute atomic E-state index is 12.8. The Balaban J connectivity index is 1.43. The first-order valence-corrected chi connectivity index (χ1v) is 9.21. The van der Waals surface area contributed by atoms with Gasteiger partial charge in [0.15, 0.2) is 5.70 Å². The van der Waals surface area contributed by atoms with E-state index in [1.807, 2.05) is 59.3 Å². The van der Waals surface area contributed by atoms with Gasteiger partial charge in [0.25, 0.3) is 5.91 Å². The Labute approximate surface area is 166 Å². The molecule has 9 heteroatoms. The van der Waals surface area contributed by atoms with Crippen molar-refractivity contribution >= 4 is 28.7 Å². The van der Waals surface area contributed by atoms with Gasteiger partial charge in [-0.25, -0.2) is 15.0 Å². The minimum Gasteiger partial charge on any atom is -0.492 e. The smallest absolute Gasteiger partial charge is 0.279 e. The number of aromatic nitrogens is 2. The molecule has 0 unspecified atom stereocenters. The maximum atomic E-state index is 12.8. The molecule has 3 heterocycles. The number of aliphatic hydroxyl groups excluding tert-OH is 1. The van der Waals surface area contributed by atoms with E-state index in [2.05, 4.69) is 21.2 Å². The number of carbonyl (C=O) groups excluding carboxylic acids is 1. The van der Waals surface area contributed by atoms with E-state index in [4.69, 9.17) is 0 Å². The third kappa shape index (κ3) is 2.93. The molecule has 5 rings (SSSR count). The third-order valence-electron chi connectivity index (χ3n) is 4.84. The topological polar surface area (TPSA) is 97.7 Å². The Kier molecular flexibility index (Phi) is 4.07. The molecule has 0 bridgehead atoms. The van der Waals surface area contributed by atoms with Crippen LogP contribution in [-0.4, -0.2) is 27.1 Å². The van der Waals surface area contributed by atoms with Crippen LogP contribution in [0, 0.1) is 0 Å². The van der Waals surface area contributed by atoms with Gasteiger partial charge in [-0.3, -0.25) is 4.79 Å². The lowest BCUT2D eigenvalue weighted by Gasteiger charge is -2.30. The molecule has 4 N–H and O–H groups in total. The fourth-order valence-corrected chi connectivity index (χ4v) is 3.45. The molecule has 0 atom stereocenters. The molecule has 0 fully saturated rings. The molecule has 2 aliphatic rings. The van der Waals surface area contributed by atoms with Gasteiger partial charge in [-0.2, -0.15) is 0 Å². The zero-order valence-corrected chi connectivity index (χ0v) is 15.4. The third-order valence-corrected chi connectivity index (χ3v) is 4.84. The largest absolute Gasteiger partial charge is 0.492 e. The van der Waals surface area contributed by atoms with E-state index >= 15 is 0 Å². The number of anilines is 4. The summed E-state index contributed by atoms with van der Waals surface area (Å²) < 4.78 is 1.97. The Bertz CT molecular complexity index is 1080. The highest BCUT2D eigenvalue weighted by Crippen LogP contribution is 2.41. The maximum Gasteiger partial charge on any atom is 0.279 e. The van der Waals surface area contributed by atoms with Crippen LogP contribution < -0.4 is 26.2 Å². The lowest BCUT2D eigenvalue weighted by molar-refractivity contribution is -0.113. The number of nitrogens with one attached hydrogen (secondary N) is 3. The van der Waals surface area contributed by atoms with Gasteiger partial charge in [0.1, 0.15) is 0 Å². The van der Waals surface area contributed by atoms with E-state index in [0.717, 1.165) is 23.6 Å². The number of carbonyl (C=O) groups is 1. The lowest BCUT2D eigenvalue weighted by Crippen LogP contribution is -2.45. The second-order valence-electron chi connectivity index (χ2n) is 6.66. The van der Waals surface area contributed by atoms with Crippen molar-refractivity contribution in [2.45, 2.75) is 6.54 Å². The number of nitrogens with zero attached hydrogens (tertiary/aromatic N) is 4. The average Bonchev–Trinajstić information content (AvgIpc) is 3.38. The first-order chi connectivity index (χ1) is 14.2. The number of imidazole rings is 1. The van der Waals surface area contributed by atoms with E-state index in [9.17, 15) is 9.90 Å². The predicted molar refractivity (Wildman–Crippen MR) is 110 cm³/mol. The highest BCUT2D eigenvalue weighted by molar-refractivity contribution is 6.14. The Morgan fingerprint density at radius 1 is 1.07 bits per heavy atom. The first kappa shape index (κ1) is 17.1. The van der Waals surface area contributed by atoms with Gasteiger partial charge in [0.2, 0.25) is 5.88 Å². The predicted octanol–water partition coefficient (Wildman–Crippen LogP) is 2.42. The molecule has 2 aliphatic heterocycles. The van der Waals surface area contributed by atoms with Crippen LogP contribution in [-0.2, 0) is 11.3 Å². The monoisotopic (exact) mass is 389 g/mol. The van der Waals surface area contributed by atoms with Crippen LogP contribution in [0.1, 0.15) is 0 Å². The van der Waals surface area contributed by atoms with Crippen molar-refractivity contribution in [2.75, 3.05) is 27.2 Å². The number of para-hydroxylation sites is 2. The van der Waals surface area contributed by atoms with E-state index in [1.165, 1.54) is 5.01 Å². The fourth-order valence-electron chi connectivity index (χ4n) is 3.45. The van der Waals surface area contributed by atoms with Crippen LogP contribution in [0.25, 0.3) is 0 Å². The van der Waals surface area contributed by atoms with Gasteiger partial charge in [-0.15, -0.1) is 5.53 Å². The quantitative estimate of drug-likeness (QED) is 0.532. The van der Waals surface area contributed by atoms with E-state index in [-0.39, 0.29) is 17.5 Å². The summed E-state index contributed by atoms with van der Waals surface area (Å²) in [5.41, 5.74) is 6.15. The molecule has 2 aromatic carbocycles. The molecular formula is C20H19N7O2. The Hall–Kier alpha value is -3.98. The Morgan fingerprint density at radius 3 is 2.72 bits per heavy atom. The number of rotatable bonds is 5. The van der Waals surface area contributed by atoms with Crippen LogP contribution in [0.15, 0.2) is 78.8 Å². The normalized spacial score (nSPS) is 15.2. The molecule has 146 valence electrons. The van der Waals surface area contributed by atoms with Crippen molar-refractivity contribution in [3.8, 4) is 0 Å². The average molecular weight is 389 g/mol. The molecule has 0 spiro atoms. The van der Waals surface area contributed by atoms with E-state index < -0.39 is 0 Å². The molecule has 0 saturated heterocycles. The molecule has 1 amide bonds. The summed E-state index contributed by atoms with van der Waals surface area (Å²) >= 11 is 0. The van der Waals surface area contributed by atoms with E-state index in [0.29, 0.717) is 12.2 Å². The minimum atomic E-state index is -0.384. The summed E-state index contributed by atoms with van der Waals surface area (Å²) in [7, 11) is 0. The van der Waals surface area contributed by atoms with Gasteiger partial charge in [-0.1, -0.05) is 24.3 Å². The summed E-state index contributed by atoms with van der Waals surface area (Å²) in [5, 5.41) is 20.0. The number of hydrogen-bond acceptors (Lipinski definition) is 7. The van der Waals surface area contributed by atoms with Gasteiger partial charge < -0.3 is 20.3 Å². The minimum absolute atomic E-state index is 0.150. The first-order valence-electron chi connectivity index (χ1n) is 9.21. The van der Waals surface area contributed by atoms with Crippen LogP contribution in [0.5, 0.6) is 0 Å². The van der Waals surface area contributed by atoms with E-state index in [1.54, 1.807) is 17.5 Å². The lowest BCUT2D eigenvalue weighted by atomic mass is 10.1. The molecule has 0 radical (unpaired) electrons. The van der Waals surface area contributed by atoms with Gasteiger partial charge in [0.05, 0.1) is 29.1 Å². The highest BCUT2D eigenvalue weighted by atomic mass is 16.3. The number of fused-ring (bicyclic) bond motifs is 3. The molecular weight excluding hydrogens is 370 g/mol. The highest BCUT2D eigenvalue weighted by Gasteiger charge is 2.40. The van der Waals surface area contributed by atoms with Crippen molar-refractivity contribution in [1.29, 1.82) is 0 Å². The standard InChI is InChI=1S/C20H19N7O2/c28-19-18-20(29)26(14-5-2-1-3-6-14)24-27(18)16-8-4-7-15(17(16)23-19)22-10-12-25-11-9-21-13-25/h1-9,11,13,22,24,29H,10,12H2,(H,23,28). The summed E-state index contributed by atoms with van der Waals surface area (Å²) in [6.07, 6.45) is 5.40. The summed E-state index contributed by atoms with van der Waals surface area (Å²) in [5.74, 6) is -0.539. The molecule has 0 saturated carbocycles. The fraction of sp³-hybridized carbons (Fsp3) is 0.100. The van der Waals surface area contributed by atoms with Crippen LogP contribution >= 0.6 is 0 Å². The van der Waals surface area contributed by atoms with Crippen LogP contribution in [0.2, 0.25) is 0 Å². The Morgan fingerprint density at radius 2 is 1.93 bits per heavy atom. The van der Waals surface area contributed by atoms with Crippen molar-refractivity contribution in [1.82, 2.24) is 15.1 Å². The van der Waals surface area contributed by atoms with Crippen LogP contribution in [0.3, 0.4) is 0 Å². The number of amides is 1. The summed E-state index contributed by atoms with van der Waals surface area (Å²) in [6.45, 7) is 1.41. The van der Waals surface area contributed by atoms with Crippen molar-refractivity contribution in [3.05, 3.63) is 78.8 Å². The second kappa shape index (κ2) is 6.88. The van der Waals surface area contributed by atoms with Crippen LogP contribution in [0.4, 0.5) is 22.7 Å². The SMILES string of the molecule is O=C1Nc2c(NCCn3ccnc3)cccc2N2NN(c3ccccc3)C(O)=C12. The number of aliphatic hydroxyl groups is 1. The number of benzene rings is 2. The summed E-state index contributed by atoms with van der Waals surface area (Å²) in [6, 6.07) is 15.0. The zero-order chi connectivity index (χ0) is 19.8. The van der Waals surface area contributed by atoms with Gasteiger partial charge >= 0.3 is 0 Å². The summed E-state index contributed by atoms with van der Waals surface area (Å²) in [4.78, 5) is 16.8. The van der Waals surface area contributed by atoms with Gasteiger partial charge in [0, 0.05) is 25.5 Å². The van der Waals surface area contributed by atoms with Crippen molar-refractivity contribution < 1.29 is 9.90 Å².